The van der Waals surface area contributed by atoms with E-state index in [2.05, 4.69) is 136 Å². The fourth-order valence-corrected chi connectivity index (χ4v) is 6.47. The van der Waals surface area contributed by atoms with Crippen LogP contribution < -0.4 is 0 Å². The number of rotatable bonds is 2. The molecule has 5 aromatic carbocycles. The molecule has 0 fully saturated rings. The van der Waals surface area contributed by atoms with Gasteiger partial charge in [-0.2, -0.15) is 0 Å². The summed E-state index contributed by atoms with van der Waals surface area (Å²) in [5, 5.41) is 5.29. The Bertz CT molecular complexity index is 2080. The van der Waals surface area contributed by atoms with Gasteiger partial charge in [-0.25, -0.2) is 0 Å². The van der Waals surface area contributed by atoms with Crippen molar-refractivity contribution in [3.63, 3.8) is 0 Å². The molecule has 0 unspecified atom stereocenters. The molecule has 0 N–H and O–H groups in total. The van der Waals surface area contributed by atoms with E-state index in [9.17, 15) is 0 Å². The molecule has 38 heavy (non-hydrogen) atoms. The molecule has 0 aliphatic carbocycles. The molecule has 0 saturated heterocycles. The summed E-state index contributed by atoms with van der Waals surface area (Å²) in [4.78, 5) is 0. The number of nitrogens with zero attached hydrogens (tertiary/aromatic N) is 2. The van der Waals surface area contributed by atoms with Crippen LogP contribution in [0.1, 0.15) is 27.8 Å². The van der Waals surface area contributed by atoms with Crippen LogP contribution in [0.5, 0.6) is 0 Å². The van der Waals surface area contributed by atoms with E-state index in [1.54, 1.807) is 0 Å². The second-order valence-electron chi connectivity index (χ2n) is 11.2. The molecular formula is C36H32N2. The van der Waals surface area contributed by atoms with Crippen molar-refractivity contribution in [1.82, 2.24) is 9.13 Å². The van der Waals surface area contributed by atoms with E-state index in [0.717, 1.165) is 0 Å². The summed E-state index contributed by atoms with van der Waals surface area (Å²) < 4.78 is 4.79. The van der Waals surface area contributed by atoms with E-state index in [1.807, 2.05) is 0 Å². The summed E-state index contributed by atoms with van der Waals surface area (Å²) in [5.74, 6) is 0. The molecule has 0 saturated carbocycles. The lowest BCUT2D eigenvalue weighted by atomic mass is 10.0. The summed E-state index contributed by atoms with van der Waals surface area (Å²) in [6, 6.07) is 32.2. The van der Waals surface area contributed by atoms with Crippen LogP contribution in [-0.2, 0) is 7.05 Å². The highest BCUT2D eigenvalue weighted by Crippen LogP contribution is 2.38. The lowest BCUT2D eigenvalue weighted by molar-refractivity contribution is 1.01. The van der Waals surface area contributed by atoms with Crippen molar-refractivity contribution in [1.29, 1.82) is 0 Å². The molecule has 0 spiro atoms. The van der Waals surface area contributed by atoms with Crippen LogP contribution in [0.4, 0.5) is 0 Å². The molecular weight excluding hydrogens is 460 g/mol. The molecule has 2 nitrogen and oxygen atoms in total. The average molecular weight is 493 g/mol. The monoisotopic (exact) mass is 492 g/mol. The Kier molecular flexibility index (Phi) is 4.87. The zero-order valence-electron chi connectivity index (χ0n) is 23.0. The topological polar surface area (TPSA) is 9.86 Å². The van der Waals surface area contributed by atoms with Gasteiger partial charge in [0.25, 0.3) is 0 Å². The molecule has 2 heteroatoms. The first-order chi connectivity index (χ1) is 18.3. The highest BCUT2D eigenvalue weighted by Gasteiger charge is 2.16. The second-order valence-corrected chi connectivity index (χ2v) is 11.2. The third-order valence-corrected chi connectivity index (χ3v) is 8.17. The highest BCUT2D eigenvalue weighted by molar-refractivity contribution is 6.11. The first kappa shape index (κ1) is 22.9. The smallest absolute Gasteiger partial charge is 0.0570 e. The summed E-state index contributed by atoms with van der Waals surface area (Å²) in [5.41, 5.74) is 15.3. The van der Waals surface area contributed by atoms with Crippen LogP contribution in [0.25, 0.3) is 60.4 Å². The Labute approximate surface area is 223 Å². The molecule has 0 amide bonds. The molecule has 7 aromatic rings. The molecule has 0 radical (unpaired) electrons. The van der Waals surface area contributed by atoms with E-state index in [1.165, 1.54) is 88.2 Å². The van der Waals surface area contributed by atoms with Crippen LogP contribution in [0, 0.1) is 34.6 Å². The van der Waals surface area contributed by atoms with Crippen LogP contribution in [-0.4, -0.2) is 9.13 Å². The van der Waals surface area contributed by atoms with Crippen molar-refractivity contribution >= 4 is 43.6 Å². The van der Waals surface area contributed by atoms with Gasteiger partial charge in [-0.15, -0.1) is 0 Å². The lowest BCUT2D eigenvalue weighted by Crippen LogP contribution is -1.97. The van der Waals surface area contributed by atoms with Gasteiger partial charge in [0.05, 0.1) is 11.0 Å². The van der Waals surface area contributed by atoms with Crippen LogP contribution in [0.15, 0.2) is 84.9 Å². The molecule has 0 aliphatic heterocycles. The predicted octanol–water partition coefficient (Wildman–Crippen LogP) is 9.64. The highest BCUT2D eigenvalue weighted by atomic mass is 15.0. The maximum atomic E-state index is 2.47. The zero-order chi connectivity index (χ0) is 26.3. The summed E-state index contributed by atoms with van der Waals surface area (Å²) in [6.45, 7) is 11.0. The van der Waals surface area contributed by atoms with Crippen molar-refractivity contribution in [2.45, 2.75) is 34.6 Å². The molecule has 0 bridgehead atoms. The van der Waals surface area contributed by atoms with E-state index in [4.69, 9.17) is 0 Å². The second kappa shape index (κ2) is 8.10. The number of aryl methyl sites for hydroxylation is 6. The van der Waals surface area contributed by atoms with Gasteiger partial charge < -0.3 is 9.13 Å². The predicted molar refractivity (Wildman–Crippen MR) is 164 cm³/mol. The number of hydrogen-bond acceptors (Lipinski definition) is 0. The third kappa shape index (κ3) is 3.33. The Balaban J connectivity index is 1.49. The first-order valence-corrected chi connectivity index (χ1v) is 13.4. The van der Waals surface area contributed by atoms with Gasteiger partial charge in [-0.05, 0) is 105 Å². The van der Waals surface area contributed by atoms with Crippen molar-refractivity contribution in [2.75, 3.05) is 0 Å². The van der Waals surface area contributed by atoms with Gasteiger partial charge in [-0.3, -0.25) is 0 Å². The Morgan fingerprint density at radius 1 is 0.447 bits per heavy atom. The first-order valence-electron chi connectivity index (χ1n) is 13.4. The van der Waals surface area contributed by atoms with Crippen molar-refractivity contribution < 1.29 is 0 Å². The molecule has 186 valence electrons. The molecule has 7 rings (SSSR count). The largest absolute Gasteiger partial charge is 0.344 e. The SMILES string of the molecule is Cc1cc(-c2ccc3c4cc(C)ccc4n(C)c3c2)cc(-n2c3ccc(C)cc3c3cc(C)cc(C)c32)c1. The third-order valence-electron chi connectivity index (χ3n) is 8.17. The van der Waals surface area contributed by atoms with Gasteiger partial charge in [0, 0.05) is 45.3 Å². The molecule has 2 aromatic heterocycles. The van der Waals surface area contributed by atoms with Gasteiger partial charge >= 0.3 is 0 Å². The standard InChI is InChI=1S/C36H32N2/c1-21-7-11-33-30(16-21)29-10-9-26(20-35(29)37(33)6)27-14-24(4)15-28(19-27)38-34-12-8-22(2)17-31(34)32-18-23(3)13-25(5)36(32)38/h7-20H,1-6H3. The zero-order valence-corrected chi connectivity index (χ0v) is 23.0. The maximum absolute atomic E-state index is 2.47. The van der Waals surface area contributed by atoms with E-state index in [0.29, 0.717) is 0 Å². The van der Waals surface area contributed by atoms with Gasteiger partial charge in [-0.1, -0.05) is 53.1 Å². The lowest BCUT2D eigenvalue weighted by Gasteiger charge is -2.14. The Hall–Kier alpha value is -4.30. The minimum Gasteiger partial charge on any atom is -0.344 e. The molecule has 2 heterocycles. The summed E-state index contributed by atoms with van der Waals surface area (Å²) in [6.07, 6.45) is 0. The maximum Gasteiger partial charge on any atom is 0.0570 e. The fraction of sp³-hybridized carbons (Fsp3) is 0.167. The van der Waals surface area contributed by atoms with Crippen LogP contribution in [0.3, 0.4) is 0 Å². The van der Waals surface area contributed by atoms with E-state index >= 15 is 0 Å². The fourth-order valence-electron chi connectivity index (χ4n) is 6.47. The number of hydrogen-bond donors (Lipinski definition) is 0. The van der Waals surface area contributed by atoms with E-state index in [-0.39, 0.29) is 0 Å². The van der Waals surface area contributed by atoms with Crippen LogP contribution >= 0.6 is 0 Å². The number of fused-ring (bicyclic) bond motifs is 6. The Morgan fingerprint density at radius 3 is 1.87 bits per heavy atom. The summed E-state index contributed by atoms with van der Waals surface area (Å²) in [7, 11) is 2.18. The average Bonchev–Trinajstić information content (AvgIpc) is 3.35. The minimum absolute atomic E-state index is 1.21. The normalized spacial score (nSPS) is 11.9. The minimum atomic E-state index is 1.21. The number of benzene rings is 5. The quantitative estimate of drug-likeness (QED) is 0.227. The van der Waals surface area contributed by atoms with E-state index < -0.39 is 0 Å². The van der Waals surface area contributed by atoms with Crippen LogP contribution in [0.2, 0.25) is 0 Å². The molecule has 0 atom stereocenters. The Morgan fingerprint density at radius 2 is 1.11 bits per heavy atom. The van der Waals surface area contributed by atoms with Crippen molar-refractivity contribution in [2.24, 2.45) is 7.05 Å². The summed E-state index contributed by atoms with van der Waals surface area (Å²) >= 11 is 0. The van der Waals surface area contributed by atoms with Gasteiger partial charge in [0.15, 0.2) is 0 Å². The number of aromatic nitrogens is 2. The van der Waals surface area contributed by atoms with Gasteiger partial charge in [0.1, 0.15) is 0 Å². The van der Waals surface area contributed by atoms with Crippen molar-refractivity contribution in [3.05, 3.63) is 113 Å². The van der Waals surface area contributed by atoms with Crippen molar-refractivity contribution in [3.8, 4) is 16.8 Å². The molecule has 0 aliphatic rings. The van der Waals surface area contributed by atoms with Gasteiger partial charge in [0.2, 0.25) is 0 Å².